The second-order valence-electron chi connectivity index (χ2n) is 4.07. The van der Waals surface area contributed by atoms with Crippen molar-refractivity contribution in [2.24, 2.45) is 0 Å². The molecule has 3 nitrogen and oxygen atoms in total. The van der Waals surface area contributed by atoms with E-state index in [9.17, 15) is 13.6 Å². The summed E-state index contributed by atoms with van der Waals surface area (Å²) in [6.45, 7) is 0. The van der Waals surface area contributed by atoms with Gasteiger partial charge in [0.1, 0.15) is 11.5 Å². The molecule has 5 heteroatoms. The Bertz CT molecular complexity index is 632. The zero-order valence-electron chi connectivity index (χ0n) is 10.9. The van der Waals surface area contributed by atoms with Gasteiger partial charge in [-0.25, -0.2) is 8.78 Å². The van der Waals surface area contributed by atoms with Gasteiger partial charge in [-0.1, -0.05) is 0 Å². The highest BCUT2D eigenvalue weighted by atomic mass is 19.2. The van der Waals surface area contributed by atoms with Crippen molar-refractivity contribution in [2.45, 2.75) is 0 Å². The Balaban J connectivity index is 2.66. The highest BCUT2D eigenvalue weighted by Gasteiger charge is 2.13. The molecule has 0 amide bonds. The van der Waals surface area contributed by atoms with Gasteiger partial charge >= 0.3 is 0 Å². The molecule has 2 aromatic rings. The van der Waals surface area contributed by atoms with Crippen LogP contribution in [-0.4, -0.2) is 20.5 Å². The number of halogens is 2. The van der Waals surface area contributed by atoms with Crippen molar-refractivity contribution in [3.63, 3.8) is 0 Å². The molecule has 0 saturated heterocycles. The molecular formula is C15H12F2O3. The molecule has 0 aliphatic heterocycles. The van der Waals surface area contributed by atoms with E-state index in [1.54, 1.807) is 18.2 Å². The summed E-state index contributed by atoms with van der Waals surface area (Å²) in [5, 5.41) is 0. The monoisotopic (exact) mass is 278 g/mol. The molecule has 0 fully saturated rings. The Kier molecular flexibility index (Phi) is 3.98. The quantitative estimate of drug-likeness (QED) is 0.803. The number of rotatable bonds is 4. The van der Waals surface area contributed by atoms with Gasteiger partial charge in [-0.2, -0.15) is 0 Å². The maximum Gasteiger partial charge on any atom is 0.159 e. The molecule has 0 bridgehead atoms. The minimum Gasteiger partial charge on any atom is -0.497 e. The van der Waals surface area contributed by atoms with E-state index in [1.807, 2.05) is 0 Å². The first-order valence-electron chi connectivity index (χ1n) is 5.76. The minimum absolute atomic E-state index is 0.0548. The molecule has 2 aromatic carbocycles. The van der Waals surface area contributed by atoms with E-state index in [1.165, 1.54) is 14.2 Å². The molecular weight excluding hydrogens is 266 g/mol. The molecule has 20 heavy (non-hydrogen) atoms. The topological polar surface area (TPSA) is 35.5 Å². The van der Waals surface area contributed by atoms with Crippen molar-refractivity contribution < 1.29 is 23.0 Å². The van der Waals surface area contributed by atoms with Gasteiger partial charge in [0.05, 0.1) is 14.2 Å². The maximum atomic E-state index is 13.4. The van der Waals surface area contributed by atoms with Crippen molar-refractivity contribution in [3.8, 4) is 22.6 Å². The Labute approximate surface area is 114 Å². The molecule has 0 radical (unpaired) electrons. The standard InChI is InChI=1S/C15H12F2O3/c1-19-11-3-9(4-12(6-11)20-2)13-7-15(17)14(16)5-10(13)8-18/h3-8H,1-2H3. The molecule has 0 aromatic heterocycles. The van der Waals surface area contributed by atoms with Crippen LogP contribution in [0.5, 0.6) is 11.5 Å². The number of aldehydes is 1. The SMILES string of the molecule is COc1cc(OC)cc(-c2cc(F)c(F)cc2C=O)c1. The summed E-state index contributed by atoms with van der Waals surface area (Å²) < 4.78 is 36.8. The van der Waals surface area contributed by atoms with Crippen LogP contribution in [-0.2, 0) is 0 Å². The third-order valence-electron chi connectivity index (χ3n) is 2.88. The minimum atomic E-state index is -1.06. The fourth-order valence-corrected chi connectivity index (χ4v) is 1.87. The highest BCUT2D eigenvalue weighted by molar-refractivity contribution is 5.88. The first kappa shape index (κ1) is 14.0. The molecule has 104 valence electrons. The molecule has 0 heterocycles. The smallest absolute Gasteiger partial charge is 0.159 e. The van der Waals surface area contributed by atoms with E-state index in [0.29, 0.717) is 23.3 Å². The molecule has 0 N–H and O–H groups in total. The summed E-state index contributed by atoms with van der Waals surface area (Å²) in [6, 6.07) is 6.71. The Morgan fingerprint density at radius 3 is 1.95 bits per heavy atom. The van der Waals surface area contributed by atoms with Crippen LogP contribution in [0.4, 0.5) is 8.78 Å². The van der Waals surface area contributed by atoms with Crippen LogP contribution in [0.15, 0.2) is 30.3 Å². The number of ether oxygens (including phenoxy) is 2. The average Bonchev–Trinajstić information content (AvgIpc) is 2.48. The molecule has 2 rings (SSSR count). The summed E-state index contributed by atoms with van der Waals surface area (Å²) in [7, 11) is 2.95. The maximum absolute atomic E-state index is 13.4. The van der Waals surface area contributed by atoms with E-state index < -0.39 is 11.6 Å². The fourth-order valence-electron chi connectivity index (χ4n) is 1.87. The zero-order valence-corrected chi connectivity index (χ0v) is 10.9. The van der Waals surface area contributed by atoms with E-state index in [0.717, 1.165) is 12.1 Å². The van der Waals surface area contributed by atoms with E-state index >= 15 is 0 Å². The highest BCUT2D eigenvalue weighted by Crippen LogP contribution is 2.32. The van der Waals surface area contributed by atoms with Gasteiger partial charge in [0.2, 0.25) is 0 Å². The number of carbonyl (C=O) groups is 1. The zero-order chi connectivity index (χ0) is 14.7. The predicted molar refractivity (Wildman–Crippen MR) is 70.3 cm³/mol. The summed E-state index contributed by atoms with van der Waals surface area (Å²) >= 11 is 0. The second-order valence-corrected chi connectivity index (χ2v) is 4.07. The second kappa shape index (κ2) is 5.69. The summed E-state index contributed by atoms with van der Waals surface area (Å²) in [5.41, 5.74) is 0.831. The lowest BCUT2D eigenvalue weighted by Crippen LogP contribution is -1.95. The van der Waals surface area contributed by atoms with Crippen LogP contribution < -0.4 is 9.47 Å². The molecule has 0 saturated carbocycles. The van der Waals surface area contributed by atoms with Gasteiger partial charge in [0.15, 0.2) is 17.9 Å². The van der Waals surface area contributed by atoms with Gasteiger partial charge in [-0.3, -0.25) is 4.79 Å². The van der Waals surface area contributed by atoms with Crippen LogP contribution in [0.25, 0.3) is 11.1 Å². The molecule has 0 spiro atoms. The first-order chi connectivity index (χ1) is 9.58. The van der Waals surface area contributed by atoms with Crippen LogP contribution in [0.3, 0.4) is 0 Å². The lowest BCUT2D eigenvalue weighted by Gasteiger charge is -2.10. The van der Waals surface area contributed by atoms with E-state index in [4.69, 9.17) is 9.47 Å². The third-order valence-corrected chi connectivity index (χ3v) is 2.88. The van der Waals surface area contributed by atoms with Crippen molar-refractivity contribution in [3.05, 3.63) is 47.5 Å². The van der Waals surface area contributed by atoms with Crippen LogP contribution >= 0.6 is 0 Å². The Morgan fingerprint density at radius 2 is 1.45 bits per heavy atom. The van der Waals surface area contributed by atoms with Gasteiger partial charge in [0.25, 0.3) is 0 Å². The molecule has 0 aliphatic rings. The largest absolute Gasteiger partial charge is 0.497 e. The fraction of sp³-hybridized carbons (Fsp3) is 0.133. The number of carbonyl (C=O) groups excluding carboxylic acids is 1. The van der Waals surface area contributed by atoms with Crippen molar-refractivity contribution in [2.75, 3.05) is 14.2 Å². The van der Waals surface area contributed by atoms with Crippen LogP contribution in [0.1, 0.15) is 10.4 Å². The third kappa shape index (κ3) is 2.61. The number of benzene rings is 2. The van der Waals surface area contributed by atoms with Gasteiger partial charge < -0.3 is 9.47 Å². The van der Waals surface area contributed by atoms with E-state index in [-0.39, 0.29) is 11.1 Å². The van der Waals surface area contributed by atoms with Crippen molar-refractivity contribution in [1.82, 2.24) is 0 Å². The van der Waals surface area contributed by atoms with Crippen molar-refractivity contribution in [1.29, 1.82) is 0 Å². The van der Waals surface area contributed by atoms with E-state index in [2.05, 4.69) is 0 Å². The molecule has 0 atom stereocenters. The Hall–Kier alpha value is -2.43. The molecule has 0 unspecified atom stereocenters. The number of hydrogen-bond donors (Lipinski definition) is 0. The van der Waals surface area contributed by atoms with Crippen molar-refractivity contribution >= 4 is 6.29 Å². The first-order valence-corrected chi connectivity index (χ1v) is 5.76. The Morgan fingerprint density at radius 1 is 0.900 bits per heavy atom. The molecule has 0 aliphatic carbocycles. The lowest BCUT2D eigenvalue weighted by atomic mass is 9.99. The summed E-state index contributed by atoms with van der Waals surface area (Å²) in [6.07, 6.45) is 0.476. The summed E-state index contributed by atoms with van der Waals surface area (Å²) in [4.78, 5) is 11.0. The van der Waals surface area contributed by atoms with Gasteiger partial charge in [-0.05, 0) is 35.4 Å². The van der Waals surface area contributed by atoms with Crippen LogP contribution in [0, 0.1) is 11.6 Å². The van der Waals surface area contributed by atoms with Gasteiger partial charge in [-0.15, -0.1) is 0 Å². The number of methoxy groups -OCH3 is 2. The summed E-state index contributed by atoms with van der Waals surface area (Å²) in [5.74, 6) is -1.11. The van der Waals surface area contributed by atoms with Gasteiger partial charge in [0, 0.05) is 11.6 Å². The van der Waals surface area contributed by atoms with Crippen LogP contribution in [0.2, 0.25) is 0 Å². The lowest BCUT2D eigenvalue weighted by molar-refractivity contribution is 0.112. The average molecular weight is 278 g/mol. The predicted octanol–water partition coefficient (Wildman–Crippen LogP) is 3.46. The normalized spacial score (nSPS) is 10.2. The number of hydrogen-bond acceptors (Lipinski definition) is 3.